The number of nitrogens with two attached hydrogens (primary N) is 1. The number of likely N-dealkylation sites (N-methyl/N-ethyl adjacent to an activating group) is 1. The van der Waals surface area contributed by atoms with Crippen LogP contribution in [0.1, 0.15) is 19.4 Å². The third-order valence-electron chi connectivity index (χ3n) is 2.47. The van der Waals surface area contributed by atoms with Crippen molar-refractivity contribution in [3.8, 4) is 0 Å². The molecule has 1 atom stereocenters. The Hall–Kier alpha value is -1.75. The zero-order valence-corrected chi connectivity index (χ0v) is 11.9. The van der Waals surface area contributed by atoms with Gasteiger partial charge >= 0.3 is 0 Å². The lowest BCUT2D eigenvalue weighted by Crippen LogP contribution is -2.45. The van der Waals surface area contributed by atoms with E-state index in [-0.39, 0.29) is 30.6 Å². The van der Waals surface area contributed by atoms with Crippen molar-refractivity contribution in [2.24, 2.45) is 0 Å². The Kier molecular flexibility index (Phi) is 7.60. The van der Waals surface area contributed by atoms with E-state index in [4.69, 9.17) is 5.73 Å². The molecule has 0 heterocycles. The smallest absolute Gasteiger partial charge is 0.242 e. The summed E-state index contributed by atoms with van der Waals surface area (Å²) in [4.78, 5) is 23.1. The van der Waals surface area contributed by atoms with Gasteiger partial charge in [-0.2, -0.15) is 0 Å². The lowest BCUT2D eigenvalue weighted by atomic mass is 10.1. The molecule has 5 nitrogen and oxygen atoms in total. The Morgan fingerprint density at radius 3 is 2.37 bits per heavy atom. The van der Waals surface area contributed by atoms with Crippen LogP contribution in [0.2, 0.25) is 0 Å². The van der Waals surface area contributed by atoms with Gasteiger partial charge in [-0.3, -0.25) is 9.59 Å². The van der Waals surface area contributed by atoms with Crippen LogP contribution in [0.3, 0.4) is 0 Å². The molecule has 1 aromatic carbocycles. The fraction of sp³-hybridized carbons (Fsp3) is 0.385. The molecule has 0 bridgehead atoms. The number of rotatable bonds is 5. The summed E-state index contributed by atoms with van der Waals surface area (Å²) in [5.74, 6) is -0.360. The van der Waals surface area contributed by atoms with Crippen LogP contribution in [-0.2, 0) is 16.0 Å². The Bertz CT molecular complexity index is 420. The molecule has 19 heavy (non-hydrogen) atoms. The maximum absolute atomic E-state index is 11.7. The van der Waals surface area contributed by atoms with Crippen molar-refractivity contribution in [2.75, 3.05) is 12.3 Å². The molecule has 0 spiro atoms. The number of hydrogen-bond acceptors (Lipinski definition) is 3. The van der Waals surface area contributed by atoms with Gasteiger partial charge in [-0.05, 0) is 31.5 Å². The molecule has 2 amide bonds. The molecule has 0 aliphatic carbocycles. The maximum Gasteiger partial charge on any atom is 0.242 e. The van der Waals surface area contributed by atoms with Gasteiger partial charge < -0.3 is 16.4 Å². The lowest BCUT2D eigenvalue weighted by Gasteiger charge is -2.13. The first kappa shape index (κ1) is 17.2. The quantitative estimate of drug-likeness (QED) is 0.702. The van der Waals surface area contributed by atoms with Gasteiger partial charge in [-0.1, -0.05) is 12.1 Å². The number of carbonyl (C=O) groups is 2. The van der Waals surface area contributed by atoms with E-state index in [2.05, 4.69) is 10.6 Å². The number of halogens is 1. The molecule has 106 valence electrons. The lowest BCUT2D eigenvalue weighted by molar-refractivity contribution is -0.128. The minimum atomic E-state index is -0.522. The zero-order chi connectivity index (χ0) is 13.5. The van der Waals surface area contributed by atoms with Crippen LogP contribution in [0.5, 0.6) is 0 Å². The second-order valence-electron chi connectivity index (χ2n) is 4.10. The van der Waals surface area contributed by atoms with E-state index in [1.54, 1.807) is 31.2 Å². The molecule has 0 saturated carbocycles. The summed E-state index contributed by atoms with van der Waals surface area (Å²) < 4.78 is 0. The van der Waals surface area contributed by atoms with Crippen LogP contribution in [-0.4, -0.2) is 24.4 Å². The molecule has 0 aliphatic heterocycles. The molecule has 0 fully saturated rings. The Labute approximate surface area is 119 Å². The van der Waals surface area contributed by atoms with Gasteiger partial charge in [0.2, 0.25) is 11.8 Å². The summed E-state index contributed by atoms with van der Waals surface area (Å²) in [6.07, 6.45) is 0.240. The predicted octanol–water partition coefficient (Wildman–Crippen LogP) is 0.874. The van der Waals surface area contributed by atoms with Crippen LogP contribution in [0, 0.1) is 0 Å². The minimum absolute atomic E-state index is 0. The first-order valence-corrected chi connectivity index (χ1v) is 5.94. The zero-order valence-electron chi connectivity index (χ0n) is 11.1. The van der Waals surface area contributed by atoms with Crippen LogP contribution in [0.25, 0.3) is 0 Å². The van der Waals surface area contributed by atoms with Crippen molar-refractivity contribution in [3.05, 3.63) is 29.8 Å². The van der Waals surface area contributed by atoms with Crippen molar-refractivity contribution in [1.82, 2.24) is 10.6 Å². The molecule has 1 aromatic rings. The average molecular weight is 286 g/mol. The Morgan fingerprint density at radius 2 is 1.84 bits per heavy atom. The summed E-state index contributed by atoms with van der Waals surface area (Å²) in [5.41, 5.74) is 7.09. The van der Waals surface area contributed by atoms with Gasteiger partial charge in [-0.25, -0.2) is 0 Å². The van der Waals surface area contributed by atoms with Crippen LogP contribution in [0.15, 0.2) is 24.3 Å². The standard InChI is InChI=1S/C13H19N3O2.ClH/c1-3-15-13(18)9(2)16-12(17)8-10-4-6-11(14)7-5-10;/h4-7,9H,3,8,14H2,1-2H3,(H,15,18)(H,16,17);1H. The van der Waals surface area contributed by atoms with Crippen molar-refractivity contribution < 1.29 is 9.59 Å². The Balaban J connectivity index is 0.00000324. The van der Waals surface area contributed by atoms with Crippen molar-refractivity contribution in [2.45, 2.75) is 26.3 Å². The van der Waals surface area contributed by atoms with Gasteiger partial charge in [0, 0.05) is 12.2 Å². The van der Waals surface area contributed by atoms with Crippen molar-refractivity contribution in [1.29, 1.82) is 0 Å². The average Bonchev–Trinajstić information content (AvgIpc) is 2.32. The van der Waals surface area contributed by atoms with Gasteiger partial charge in [-0.15, -0.1) is 12.4 Å². The minimum Gasteiger partial charge on any atom is -0.399 e. The van der Waals surface area contributed by atoms with Crippen LogP contribution >= 0.6 is 12.4 Å². The van der Waals surface area contributed by atoms with Gasteiger partial charge in [0.05, 0.1) is 6.42 Å². The third-order valence-corrected chi connectivity index (χ3v) is 2.47. The van der Waals surface area contributed by atoms with E-state index in [9.17, 15) is 9.59 Å². The Morgan fingerprint density at radius 1 is 1.26 bits per heavy atom. The van der Waals surface area contributed by atoms with Crippen molar-refractivity contribution in [3.63, 3.8) is 0 Å². The van der Waals surface area contributed by atoms with Crippen molar-refractivity contribution >= 4 is 29.9 Å². The molecule has 0 aliphatic rings. The SMILES string of the molecule is CCNC(=O)C(C)NC(=O)Cc1ccc(N)cc1.Cl. The highest BCUT2D eigenvalue weighted by Crippen LogP contribution is 2.06. The highest BCUT2D eigenvalue weighted by atomic mass is 35.5. The van der Waals surface area contributed by atoms with Gasteiger partial charge in [0.25, 0.3) is 0 Å². The summed E-state index contributed by atoms with van der Waals surface area (Å²) in [7, 11) is 0. The summed E-state index contributed by atoms with van der Waals surface area (Å²) in [5, 5.41) is 5.30. The van der Waals surface area contributed by atoms with E-state index < -0.39 is 6.04 Å². The topological polar surface area (TPSA) is 84.2 Å². The molecular formula is C13H20ClN3O2. The maximum atomic E-state index is 11.7. The molecule has 0 radical (unpaired) electrons. The highest BCUT2D eigenvalue weighted by Gasteiger charge is 2.14. The fourth-order valence-electron chi connectivity index (χ4n) is 1.51. The van der Waals surface area contributed by atoms with Gasteiger partial charge in [0.1, 0.15) is 6.04 Å². The number of benzene rings is 1. The third kappa shape index (κ3) is 6.10. The fourth-order valence-corrected chi connectivity index (χ4v) is 1.51. The van der Waals surface area contributed by atoms with E-state index in [0.29, 0.717) is 12.2 Å². The number of amides is 2. The number of carbonyl (C=O) groups excluding carboxylic acids is 2. The molecular weight excluding hydrogens is 266 g/mol. The second-order valence-corrected chi connectivity index (χ2v) is 4.10. The number of anilines is 1. The molecule has 1 rings (SSSR count). The number of hydrogen-bond donors (Lipinski definition) is 3. The normalized spacial score (nSPS) is 11.1. The predicted molar refractivity (Wildman–Crippen MR) is 78.1 cm³/mol. The summed E-state index contributed by atoms with van der Waals surface area (Å²) >= 11 is 0. The first-order valence-electron chi connectivity index (χ1n) is 5.94. The molecule has 0 saturated heterocycles. The highest BCUT2D eigenvalue weighted by molar-refractivity contribution is 5.88. The second kappa shape index (κ2) is 8.37. The van der Waals surface area contributed by atoms with E-state index in [1.165, 1.54) is 0 Å². The largest absolute Gasteiger partial charge is 0.399 e. The first-order chi connectivity index (χ1) is 8.52. The summed E-state index contributed by atoms with van der Waals surface area (Å²) in [6, 6.07) is 6.56. The molecule has 0 aromatic heterocycles. The molecule has 4 N–H and O–H groups in total. The molecule has 1 unspecified atom stereocenters. The summed E-state index contributed by atoms with van der Waals surface area (Å²) in [6.45, 7) is 4.05. The van der Waals surface area contributed by atoms with E-state index in [1.807, 2.05) is 6.92 Å². The monoisotopic (exact) mass is 285 g/mol. The molecule has 6 heteroatoms. The number of nitrogen functional groups attached to an aromatic ring is 1. The van der Waals surface area contributed by atoms with E-state index in [0.717, 1.165) is 5.56 Å². The number of nitrogens with one attached hydrogen (secondary N) is 2. The van der Waals surface area contributed by atoms with Gasteiger partial charge in [0.15, 0.2) is 0 Å². The van der Waals surface area contributed by atoms with Crippen LogP contribution < -0.4 is 16.4 Å². The van der Waals surface area contributed by atoms with Crippen LogP contribution in [0.4, 0.5) is 5.69 Å². The van der Waals surface area contributed by atoms with E-state index >= 15 is 0 Å².